The Morgan fingerprint density at radius 1 is 1.33 bits per heavy atom. The summed E-state index contributed by atoms with van der Waals surface area (Å²) in [5.41, 5.74) is 0.0223. The summed E-state index contributed by atoms with van der Waals surface area (Å²) in [6, 6.07) is 6.78. The molecule has 0 spiro atoms. The number of aromatic amines is 1. The molecule has 6 heteroatoms. The number of benzene rings is 1. The summed E-state index contributed by atoms with van der Waals surface area (Å²) >= 11 is 0. The van der Waals surface area contributed by atoms with Gasteiger partial charge in [-0.05, 0) is 31.5 Å². The van der Waals surface area contributed by atoms with E-state index in [2.05, 4.69) is 10.2 Å². The molecule has 0 bridgehead atoms. The van der Waals surface area contributed by atoms with Gasteiger partial charge in [0, 0.05) is 0 Å². The zero-order valence-corrected chi connectivity index (χ0v) is 10.0. The Kier molecular flexibility index (Phi) is 2.78. The Morgan fingerprint density at radius 2 is 1.94 bits per heavy atom. The van der Waals surface area contributed by atoms with Crippen LogP contribution in [0, 0.1) is 0 Å². The van der Waals surface area contributed by atoms with Crippen LogP contribution in [0.3, 0.4) is 0 Å². The second-order valence-corrected chi connectivity index (χ2v) is 4.51. The van der Waals surface area contributed by atoms with Crippen LogP contribution in [-0.2, 0) is 10.2 Å². The van der Waals surface area contributed by atoms with E-state index in [0.29, 0.717) is 11.3 Å². The van der Waals surface area contributed by atoms with E-state index < -0.39 is 11.4 Å². The van der Waals surface area contributed by atoms with Crippen molar-refractivity contribution in [1.29, 1.82) is 0 Å². The van der Waals surface area contributed by atoms with Crippen molar-refractivity contribution >= 4 is 5.97 Å². The zero-order valence-electron chi connectivity index (χ0n) is 10.0. The fraction of sp³-hybridized carbons (Fsp3) is 0.250. The summed E-state index contributed by atoms with van der Waals surface area (Å²) in [6.07, 6.45) is 1.37. The van der Waals surface area contributed by atoms with Crippen LogP contribution >= 0.6 is 0 Å². The molecular weight excluding hydrogens is 234 g/mol. The van der Waals surface area contributed by atoms with E-state index in [1.807, 2.05) is 0 Å². The van der Waals surface area contributed by atoms with Crippen molar-refractivity contribution in [2.45, 2.75) is 19.3 Å². The first-order valence-electron chi connectivity index (χ1n) is 5.39. The minimum absolute atomic E-state index is 0.333. The Morgan fingerprint density at radius 3 is 2.39 bits per heavy atom. The van der Waals surface area contributed by atoms with Gasteiger partial charge in [0.2, 0.25) is 0 Å². The van der Waals surface area contributed by atoms with Gasteiger partial charge < -0.3 is 5.11 Å². The van der Waals surface area contributed by atoms with Crippen LogP contribution in [0.5, 0.6) is 0 Å². The lowest BCUT2D eigenvalue weighted by Crippen LogP contribution is -2.28. The summed E-state index contributed by atoms with van der Waals surface area (Å²) in [4.78, 5) is 22.5. The summed E-state index contributed by atoms with van der Waals surface area (Å²) in [7, 11) is 0. The van der Waals surface area contributed by atoms with Gasteiger partial charge in [-0.3, -0.25) is 4.79 Å². The third-order valence-corrected chi connectivity index (χ3v) is 2.95. The minimum atomic E-state index is -0.958. The summed E-state index contributed by atoms with van der Waals surface area (Å²) < 4.78 is 1.34. The van der Waals surface area contributed by atoms with Gasteiger partial charge in [-0.1, -0.05) is 12.1 Å². The highest BCUT2D eigenvalue weighted by Gasteiger charge is 2.29. The number of carboxylic acids is 1. The molecule has 0 saturated carbocycles. The maximum Gasteiger partial charge on any atom is 0.347 e. The van der Waals surface area contributed by atoms with Gasteiger partial charge in [-0.2, -0.15) is 5.10 Å². The lowest BCUT2D eigenvalue weighted by molar-refractivity contribution is -0.142. The molecule has 2 N–H and O–H groups in total. The molecule has 0 amide bonds. The maximum atomic E-state index is 11.4. The molecule has 0 atom stereocenters. The number of rotatable bonds is 3. The zero-order chi connectivity index (χ0) is 13.3. The van der Waals surface area contributed by atoms with Gasteiger partial charge in [-0.15, -0.1) is 0 Å². The number of nitrogens with zero attached hydrogens (tertiary/aromatic N) is 2. The van der Waals surface area contributed by atoms with E-state index in [1.54, 1.807) is 38.1 Å². The van der Waals surface area contributed by atoms with Crippen LogP contribution in [0.15, 0.2) is 35.4 Å². The summed E-state index contributed by atoms with van der Waals surface area (Å²) in [6.45, 7) is 3.27. The molecule has 0 aliphatic rings. The molecule has 0 unspecified atom stereocenters. The van der Waals surface area contributed by atoms with Crippen LogP contribution < -0.4 is 5.69 Å². The van der Waals surface area contributed by atoms with Gasteiger partial charge in [0.25, 0.3) is 0 Å². The lowest BCUT2D eigenvalue weighted by atomic mass is 9.85. The Labute approximate surface area is 103 Å². The lowest BCUT2D eigenvalue weighted by Gasteiger charge is -2.19. The fourth-order valence-corrected chi connectivity index (χ4v) is 1.59. The van der Waals surface area contributed by atoms with Crippen molar-refractivity contribution < 1.29 is 9.90 Å². The first-order valence-corrected chi connectivity index (χ1v) is 5.39. The highest BCUT2D eigenvalue weighted by molar-refractivity contribution is 5.80. The van der Waals surface area contributed by atoms with E-state index >= 15 is 0 Å². The monoisotopic (exact) mass is 247 g/mol. The van der Waals surface area contributed by atoms with Gasteiger partial charge in [0.15, 0.2) is 0 Å². The van der Waals surface area contributed by atoms with Crippen molar-refractivity contribution in [1.82, 2.24) is 14.8 Å². The fourth-order valence-electron chi connectivity index (χ4n) is 1.59. The molecule has 2 aromatic rings. The highest BCUT2D eigenvalue weighted by Crippen LogP contribution is 2.24. The van der Waals surface area contributed by atoms with Crippen molar-refractivity contribution in [3.05, 3.63) is 46.6 Å². The number of nitrogens with one attached hydrogen (secondary N) is 1. The normalized spacial score (nSPS) is 11.4. The molecule has 0 saturated heterocycles. The molecule has 0 radical (unpaired) electrons. The smallest absolute Gasteiger partial charge is 0.347 e. The first-order chi connectivity index (χ1) is 8.43. The molecule has 2 rings (SSSR count). The SMILES string of the molecule is CC(C)(C(=O)O)c1ccc(-n2cn[nH]c2=O)cc1. The highest BCUT2D eigenvalue weighted by atomic mass is 16.4. The first kappa shape index (κ1) is 12.1. The number of hydrogen-bond acceptors (Lipinski definition) is 3. The molecule has 1 aromatic heterocycles. The van der Waals surface area contributed by atoms with E-state index in [4.69, 9.17) is 5.11 Å². The molecule has 94 valence electrons. The number of H-pyrrole nitrogens is 1. The molecule has 0 fully saturated rings. The van der Waals surface area contributed by atoms with Crippen LogP contribution in [0.1, 0.15) is 19.4 Å². The minimum Gasteiger partial charge on any atom is -0.481 e. The van der Waals surface area contributed by atoms with Crippen molar-refractivity contribution in [2.75, 3.05) is 0 Å². The second-order valence-electron chi connectivity index (χ2n) is 4.51. The Bertz CT molecular complexity index is 623. The molecule has 0 aliphatic heterocycles. The van der Waals surface area contributed by atoms with Gasteiger partial charge in [0.1, 0.15) is 6.33 Å². The number of carboxylic acid groups (broad SMARTS) is 1. The molecule has 0 aliphatic carbocycles. The molecular formula is C12H13N3O3. The van der Waals surface area contributed by atoms with Gasteiger partial charge in [-0.25, -0.2) is 14.5 Å². The molecule has 18 heavy (non-hydrogen) atoms. The predicted molar refractivity (Wildman–Crippen MR) is 64.8 cm³/mol. The average Bonchev–Trinajstić information content (AvgIpc) is 2.75. The van der Waals surface area contributed by atoms with Crippen LogP contribution in [0.4, 0.5) is 0 Å². The number of carbonyl (C=O) groups is 1. The van der Waals surface area contributed by atoms with Crippen LogP contribution in [-0.4, -0.2) is 25.8 Å². The van der Waals surface area contributed by atoms with E-state index in [-0.39, 0.29) is 5.69 Å². The predicted octanol–water partition coefficient (Wildman–Crippen LogP) is 0.923. The van der Waals surface area contributed by atoms with E-state index in [1.165, 1.54) is 10.9 Å². The number of aliphatic carboxylic acids is 1. The Balaban J connectivity index is 2.40. The van der Waals surface area contributed by atoms with Crippen molar-refractivity contribution in [3.8, 4) is 5.69 Å². The largest absolute Gasteiger partial charge is 0.481 e. The number of aromatic nitrogens is 3. The third kappa shape index (κ3) is 1.92. The molecule has 1 heterocycles. The topological polar surface area (TPSA) is 88.0 Å². The van der Waals surface area contributed by atoms with Crippen LogP contribution in [0.2, 0.25) is 0 Å². The van der Waals surface area contributed by atoms with Gasteiger partial charge >= 0.3 is 11.7 Å². The van der Waals surface area contributed by atoms with E-state index in [0.717, 1.165) is 0 Å². The van der Waals surface area contributed by atoms with Crippen molar-refractivity contribution in [3.63, 3.8) is 0 Å². The maximum absolute atomic E-state index is 11.4. The van der Waals surface area contributed by atoms with E-state index in [9.17, 15) is 9.59 Å². The average molecular weight is 247 g/mol. The summed E-state index contributed by atoms with van der Waals surface area (Å²) in [5.74, 6) is -0.893. The quantitative estimate of drug-likeness (QED) is 0.844. The molecule has 1 aromatic carbocycles. The van der Waals surface area contributed by atoms with Crippen LogP contribution in [0.25, 0.3) is 5.69 Å². The third-order valence-electron chi connectivity index (χ3n) is 2.95. The molecule has 6 nitrogen and oxygen atoms in total. The standard InChI is InChI=1S/C12H13N3O3/c1-12(2,10(16)17)8-3-5-9(6-4-8)15-7-13-14-11(15)18/h3-7H,1-2H3,(H,14,18)(H,16,17). The second kappa shape index (κ2) is 4.14. The van der Waals surface area contributed by atoms with Gasteiger partial charge in [0.05, 0.1) is 11.1 Å². The Hall–Kier alpha value is -2.37. The van der Waals surface area contributed by atoms with Crippen molar-refractivity contribution in [2.24, 2.45) is 0 Å². The summed E-state index contributed by atoms with van der Waals surface area (Å²) in [5, 5.41) is 15.0. The number of hydrogen-bond donors (Lipinski definition) is 2.